The van der Waals surface area contributed by atoms with Crippen LogP contribution in [0.3, 0.4) is 0 Å². The van der Waals surface area contributed by atoms with E-state index in [0.29, 0.717) is 0 Å². The number of amides is 1. The summed E-state index contributed by atoms with van der Waals surface area (Å²) in [5.74, 6) is -0.668. The van der Waals surface area contributed by atoms with Crippen molar-refractivity contribution >= 4 is 34.3 Å². The first-order valence-corrected chi connectivity index (χ1v) is 10.2. The van der Waals surface area contributed by atoms with E-state index < -0.39 is 10.9 Å². The van der Waals surface area contributed by atoms with Crippen molar-refractivity contribution in [1.29, 1.82) is 0 Å². The van der Waals surface area contributed by atoms with Gasteiger partial charge in [0, 0.05) is 25.7 Å². The maximum absolute atomic E-state index is 12.3. The molecule has 1 aromatic heterocycles. The summed E-state index contributed by atoms with van der Waals surface area (Å²) >= 11 is 1.46. The van der Waals surface area contributed by atoms with Crippen molar-refractivity contribution < 1.29 is 9.90 Å². The van der Waals surface area contributed by atoms with Crippen molar-refractivity contribution in [2.24, 2.45) is 5.41 Å². The van der Waals surface area contributed by atoms with Crippen LogP contribution in [0.5, 0.6) is 5.75 Å². The summed E-state index contributed by atoms with van der Waals surface area (Å²) in [7, 11) is 3.15. The molecule has 0 bridgehead atoms. The van der Waals surface area contributed by atoms with Crippen molar-refractivity contribution in [2.75, 3.05) is 24.7 Å². The van der Waals surface area contributed by atoms with Gasteiger partial charge in [0.2, 0.25) is 0 Å². The third kappa shape index (κ3) is 3.93. The number of aromatic hydroxyl groups is 1. The van der Waals surface area contributed by atoms with Crippen LogP contribution >= 0.6 is 11.3 Å². The first-order chi connectivity index (χ1) is 14.0. The van der Waals surface area contributed by atoms with Crippen LogP contribution in [0.25, 0.3) is 0 Å². The highest BCUT2D eigenvalue weighted by atomic mass is 32.1. The Balaban J connectivity index is 1.95. The number of nitrogens with zero attached hydrogens (tertiary/aromatic N) is 2. The normalized spacial score (nSPS) is 12.6. The van der Waals surface area contributed by atoms with Crippen molar-refractivity contribution in [1.82, 2.24) is 9.88 Å². The SMILES string of the molecule is CN(C)C(=O)c1cccc(Nc2c(N[C@@H](c3nccs3)C(C)(C)C)c(=O)c2=O)c1O. The lowest BCUT2D eigenvalue weighted by atomic mass is 9.86. The second-order valence-electron chi connectivity index (χ2n) is 8.25. The number of hydrogen-bond donors (Lipinski definition) is 3. The molecule has 158 valence electrons. The number of hydrogen-bond acceptors (Lipinski definition) is 8. The smallest absolute Gasteiger partial charge is 0.257 e. The number of thiazole rings is 1. The van der Waals surface area contributed by atoms with Gasteiger partial charge in [-0.05, 0) is 17.5 Å². The van der Waals surface area contributed by atoms with Crippen LogP contribution in [-0.2, 0) is 0 Å². The van der Waals surface area contributed by atoms with E-state index in [-0.39, 0.29) is 45.7 Å². The zero-order chi connectivity index (χ0) is 22.2. The summed E-state index contributed by atoms with van der Waals surface area (Å²) in [6, 6.07) is 4.31. The second kappa shape index (κ2) is 7.91. The fourth-order valence-corrected chi connectivity index (χ4v) is 3.94. The summed E-state index contributed by atoms with van der Waals surface area (Å²) in [6.07, 6.45) is 1.69. The van der Waals surface area contributed by atoms with Gasteiger partial charge in [0.1, 0.15) is 16.4 Å². The summed E-state index contributed by atoms with van der Waals surface area (Å²) < 4.78 is 0. The van der Waals surface area contributed by atoms with Crippen molar-refractivity contribution in [3.05, 3.63) is 60.8 Å². The molecule has 1 heterocycles. The van der Waals surface area contributed by atoms with Gasteiger partial charge in [0.05, 0.1) is 17.3 Å². The number of benzene rings is 1. The molecular formula is C21H24N4O4S. The lowest BCUT2D eigenvalue weighted by Gasteiger charge is -2.31. The van der Waals surface area contributed by atoms with Gasteiger partial charge >= 0.3 is 0 Å². The number of phenolic OH excluding ortho intramolecular Hbond substituents is 1. The van der Waals surface area contributed by atoms with Gasteiger partial charge in [-0.3, -0.25) is 14.4 Å². The average molecular weight is 429 g/mol. The standard InChI is InChI=1S/C21H24N4O4S/c1-21(2,3)18(19-22-9-10-30-19)24-14-13(16(27)17(14)28)23-12-8-6-7-11(15(12)26)20(29)25(4)5/h6-10,18,23-24,26H,1-5H3/t18-/m0/s1. The van der Waals surface area contributed by atoms with Gasteiger partial charge in [-0.1, -0.05) is 26.8 Å². The van der Waals surface area contributed by atoms with Crippen molar-refractivity contribution in [3.8, 4) is 5.75 Å². The van der Waals surface area contributed by atoms with Gasteiger partial charge < -0.3 is 20.6 Å². The van der Waals surface area contributed by atoms with Crippen molar-refractivity contribution in [2.45, 2.75) is 26.8 Å². The molecule has 1 amide bonds. The molecule has 3 N–H and O–H groups in total. The Morgan fingerprint density at radius 2 is 1.83 bits per heavy atom. The highest BCUT2D eigenvalue weighted by Gasteiger charge is 2.32. The zero-order valence-electron chi connectivity index (χ0n) is 17.4. The van der Waals surface area contributed by atoms with Gasteiger partial charge in [-0.25, -0.2) is 4.98 Å². The number of phenols is 1. The Morgan fingerprint density at radius 1 is 1.17 bits per heavy atom. The summed E-state index contributed by atoms with van der Waals surface area (Å²) in [6.45, 7) is 6.02. The molecule has 0 aliphatic heterocycles. The first-order valence-electron chi connectivity index (χ1n) is 9.32. The minimum atomic E-state index is -0.687. The van der Waals surface area contributed by atoms with Gasteiger partial charge in [0.25, 0.3) is 16.8 Å². The van der Waals surface area contributed by atoms with E-state index in [1.54, 1.807) is 26.4 Å². The molecule has 0 fully saturated rings. The van der Waals surface area contributed by atoms with Crippen LogP contribution in [0.15, 0.2) is 39.4 Å². The highest BCUT2D eigenvalue weighted by Crippen LogP contribution is 2.38. The number of aromatic nitrogens is 1. The van der Waals surface area contributed by atoms with E-state index in [1.165, 1.54) is 28.4 Å². The van der Waals surface area contributed by atoms with E-state index in [9.17, 15) is 19.5 Å². The minimum Gasteiger partial charge on any atom is -0.505 e. The topological polar surface area (TPSA) is 112 Å². The monoisotopic (exact) mass is 428 g/mol. The summed E-state index contributed by atoms with van der Waals surface area (Å²) in [4.78, 5) is 42.5. The quantitative estimate of drug-likeness (QED) is 0.409. The van der Waals surface area contributed by atoms with E-state index in [2.05, 4.69) is 15.6 Å². The number of para-hydroxylation sites is 1. The second-order valence-corrected chi connectivity index (χ2v) is 9.17. The summed E-state index contributed by atoms with van der Waals surface area (Å²) in [5, 5.41) is 19.1. The molecule has 1 atom stereocenters. The molecule has 3 rings (SSSR count). The Kier molecular flexibility index (Phi) is 5.67. The summed E-state index contributed by atoms with van der Waals surface area (Å²) in [5.41, 5.74) is -1.16. The molecule has 30 heavy (non-hydrogen) atoms. The maximum Gasteiger partial charge on any atom is 0.257 e. The number of nitrogens with one attached hydrogen (secondary N) is 2. The molecule has 3 aromatic rings. The average Bonchev–Trinajstić information content (AvgIpc) is 3.20. The highest BCUT2D eigenvalue weighted by molar-refractivity contribution is 7.09. The molecule has 0 aliphatic rings. The van der Waals surface area contributed by atoms with Crippen LogP contribution in [0, 0.1) is 5.41 Å². The molecule has 0 saturated heterocycles. The molecule has 0 spiro atoms. The van der Waals surface area contributed by atoms with Gasteiger partial charge in [-0.15, -0.1) is 11.3 Å². The van der Waals surface area contributed by atoms with Crippen LogP contribution in [0.4, 0.5) is 17.1 Å². The lowest BCUT2D eigenvalue weighted by Crippen LogP contribution is -2.39. The number of carbonyl (C=O) groups is 1. The van der Waals surface area contributed by atoms with Crippen LogP contribution < -0.4 is 21.5 Å². The predicted octanol–water partition coefficient (Wildman–Crippen LogP) is 3.09. The molecule has 0 aliphatic carbocycles. The van der Waals surface area contributed by atoms with Gasteiger partial charge in [0.15, 0.2) is 5.75 Å². The predicted molar refractivity (Wildman–Crippen MR) is 119 cm³/mol. The Hall–Kier alpha value is -3.20. The molecule has 8 nitrogen and oxygen atoms in total. The third-order valence-electron chi connectivity index (χ3n) is 4.70. The van der Waals surface area contributed by atoms with Gasteiger partial charge in [-0.2, -0.15) is 0 Å². The third-order valence-corrected chi connectivity index (χ3v) is 5.54. The molecule has 0 saturated carbocycles. The zero-order valence-corrected chi connectivity index (χ0v) is 18.3. The number of carbonyl (C=O) groups excluding carboxylic acids is 1. The first kappa shape index (κ1) is 21.5. The molecule has 9 heteroatoms. The Labute approximate surface area is 177 Å². The largest absolute Gasteiger partial charge is 0.505 e. The molecular weight excluding hydrogens is 404 g/mol. The fraction of sp³-hybridized carbons (Fsp3) is 0.333. The van der Waals surface area contributed by atoms with Crippen LogP contribution in [0.1, 0.15) is 42.2 Å². The minimum absolute atomic E-state index is 0.0514. The van der Waals surface area contributed by atoms with E-state index >= 15 is 0 Å². The van der Waals surface area contributed by atoms with E-state index in [4.69, 9.17) is 0 Å². The fourth-order valence-electron chi connectivity index (χ4n) is 3.01. The molecule has 2 aromatic carbocycles. The van der Waals surface area contributed by atoms with E-state index in [0.717, 1.165) is 5.01 Å². The Morgan fingerprint density at radius 3 is 2.40 bits per heavy atom. The van der Waals surface area contributed by atoms with Crippen molar-refractivity contribution in [3.63, 3.8) is 0 Å². The maximum atomic E-state index is 12.3. The Bertz CT molecular complexity index is 1140. The lowest BCUT2D eigenvalue weighted by molar-refractivity contribution is 0.0824. The number of rotatable bonds is 6. The van der Waals surface area contributed by atoms with Crippen LogP contribution in [-0.4, -0.2) is 35.0 Å². The number of anilines is 3. The molecule has 0 unspecified atom stereocenters. The molecule has 0 radical (unpaired) electrons. The van der Waals surface area contributed by atoms with E-state index in [1.807, 2.05) is 26.2 Å². The van der Waals surface area contributed by atoms with Crippen LogP contribution in [0.2, 0.25) is 0 Å².